The first-order chi connectivity index (χ1) is 17.1. The van der Waals surface area contributed by atoms with Gasteiger partial charge in [-0.2, -0.15) is 5.10 Å². The van der Waals surface area contributed by atoms with E-state index in [2.05, 4.69) is 56.9 Å². The molecule has 0 saturated heterocycles. The number of nitrogens with one attached hydrogen (secondary N) is 2. The average molecular weight is 495 g/mol. The fourth-order valence-corrected chi connectivity index (χ4v) is 5.44. The molecule has 35 heavy (non-hydrogen) atoms. The second kappa shape index (κ2) is 8.98. The van der Waals surface area contributed by atoms with Crippen LogP contribution in [-0.4, -0.2) is 21.1 Å². The van der Waals surface area contributed by atoms with Crippen LogP contribution in [0, 0.1) is 0 Å². The monoisotopic (exact) mass is 494 g/mol. The predicted molar refractivity (Wildman–Crippen MR) is 144 cm³/mol. The molecule has 0 saturated carbocycles. The topological polar surface area (TPSA) is 70.7 Å². The summed E-state index contributed by atoms with van der Waals surface area (Å²) in [6.07, 6.45) is 3.81. The fourth-order valence-electron chi connectivity index (χ4n) is 4.20. The molecule has 3 aromatic heterocycles. The molecule has 1 amide bonds. The van der Waals surface area contributed by atoms with E-state index in [1.807, 2.05) is 48.7 Å². The Hall–Kier alpha value is -4.00. The van der Waals surface area contributed by atoms with Crippen molar-refractivity contribution in [1.82, 2.24) is 15.2 Å². The third-order valence-corrected chi connectivity index (χ3v) is 7.34. The molecule has 0 spiro atoms. The molecule has 3 heterocycles. The predicted octanol–water partition coefficient (Wildman–Crippen LogP) is 7.34. The second-order valence-electron chi connectivity index (χ2n) is 8.28. The molecule has 0 aliphatic rings. The standard InChI is InChI=1S/C28H19ClN4OS/c29-28-23(32-26(34)10-17-6-2-1-3-7-17)13-20(15-30-28)19-11-21-16-31-33-27(21)22(12-19)25-14-18-8-4-5-9-24(18)35-25/h1-9,11-16H,10H2,(H,31,33)(H,32,34). The van der Waals surface area contributed by atoms with E-state index in [4.69, 9.17) is 11.6 Å². The third-order valence-electron chi connectivity index (χ3n) is 5.89. The zero-order chi connectivity index (χ0) is 23.8. The Labute approximate surface area is 210 Å². The number of H-pyrrole nitrogens is 1. The number of rotatable bonds is 5. The number of hydrogen-bond donors (Lipinski definition) is 2. The molecule has 0 atom stereocenters. The Bertz CT molecular complexity index is 1660. The molecule has 2 N–H and O–H groups in total. The number of pyridine rings is 1. The van der Waals surface area contributed by atoms with Crippen LogP contribution in [0.15, 0.2) is 91.3 Å². The number of aromatic nitrogens is 3. The smallest absolute Gasteiger partial charge is 0.228 e. The number of anilines is 1. The summed E-state index contributed by atoms with van der Waals surface area (Å²) >= 11 is 8.09. The lowest BCUT2D eigenvalue weighted by Crippen LogP contribution is -2.15. The minimum Gasteiger partial charge on any atom is -0.323 e. The van der Waals surface area contributed by atoms with Gasteiger partial charge in [-0.15, -0.1) is 11.3 Å². The number of halogens is 1. The van der Waals surface area contributed by atoms with Crippen molar-refractivity contribution in [2.75, 3.05) is 5.32 Å². The zero-order valence-electron chi connectivity index (χ0n) is 18.5. The number of amides is 1. The minimum atomic E-state index is -0.145. The van der Waals surface area contributed by atoms with E-state index in [9.17, 15) is 4.79 Å². The molecule has 5 nitrogen and oxygen atoms in total. The van der Waals surface area contributed by atoms with Gasteiger partial charge in [-0.25, -0.2) is 4.98 Å². The van der Waals surface area contributed by atoms with Gasteiger partial charge in [0.25, 0.3) is 0 Å². The molecule has 6 aromatic rings. The van der Waals surface area contributed by atoms with Gasteiger partial charge in [-0.1, -0.05) is 60.1 Å². The Morgan fingerprint density at radius 2 is 1.74 bits per heavy atom. The van der Waals surface area contributed by atoms with Crippen LogP contribution in [0.5, 0.6) is 0 Å². The number of thiophene rings is 1. The van der Waals surface area contributed by atoms with Crippen LogP contribution in [0.2, 0.25) is 5.15 Å². The second-order valence-corrected chi connectivity index (χ2v) is 9.72. The molecule has 3 aromatic carbocycles. The van der Waals surface area contributed by atoms with Crippen LogP contribution in [0.3, 0.4) is 0 Å². The summed E-state index contributed by atoms with van der Waals surface area (Å²) in [5.74, 6) is -0.145. The molecule has 7 heteroatoms. The van der Waals surface area contributed by atoms with Gasteiger partial charge in [0.1, 0.15) is 0 Å². The molecular weight excluding hydrogens is 476 g/mol. The first-order valence-corrected chi connectivity index (χ1v) is 12.3. The van der Waals surface area contributed by atoms with Crippen LogP contribution in [0.1, 0.15) is 5.56 Å². The molecule has 6 rings (SSSR count). The van der Waals surface area contributed by atoms with Crippen LogP contribution < -0.4 is 5.32 Å². The van der Waals surface area contributed by atoms with E-state index in [1.54, 1.807) is 17.5 Å². The highest BCUT2D eigenvalue weighted by Gasteiger charge is 2.15. The highest BCUT2D eigenvalue weighted by atomic mass is 35.5. The summed E-state index contributed by atoms with van der Waals surface area (Å²) in [4.78, 5) is 18.1. The van der Waals surface area contributed by atoms with E-state index in [-0.39, 0.29) is 17.5 Å². The number of carbonyl (C=O) groups is 1. The maximum Gasteiger partial charge on any atom is 0.228 e. The van der Waals surface area contributed by atoms with Crippen LogP contribution in [-0.2, 0) is 11.2 Å². The van der Waals surface area contributed by atoms with Crippen molar-refractivity contribution in [2.45, 2.75) is 6.42 Å². The molecule has 0 radical (unpaired) electrons. The zero-order valence-corrected chi connectivity index (χ0v) is 20.0. The van der Waals surface area contributed by atoms with Gasteiger partial charge in [0.15, 0.2) is 5.15 Å². The quantitative estimate of drug-likeness (QED) is 0.246. The SMILES string of the molecule is O=C(Cc1ccccc1)Nc1cc(-c2cc(-c3cc4ccccc4s3)c3[nH]ncc3c2)cnc1Cl. The summed E-state index contributed by atoms with van der Waals surface area (Å²) in [5.41, 5.74) is 5.30. The number of nitrogens with zero attached hydrogens (tertiary/aromatic N) is 2. The lowest BCUT2D eigenvalue weighted by molar-refractivity contribution is -0.115. The molecule has 0 fully saturated rings. The van der Waals surface area contributed by atoms with Gasteiger partial charge in [0, 0.05) is 32.3 Å². The molecular formula is C28H19ClN4OS. The summed E-state index contributed by atoms with van der Waals surface area (Å²) < 4.78 is 1.23. The largest absolute Gasteiger partial charge is 0.323 e. The maximum atomic E-state index is 12.6. The minimum absolute atomic E-state index is 0.145. The molecule has 0 unspecified atom stereocenters. The Kier molecular flexibility index (Phi) is 5.52. The maximum absolute atomic E-state index is 12.6. The summed E-state index contributed by atoms with van der Waals surface area (Å²) in [5, 5.41) is 12.8. The van der Waals surface area contributed by atoms with Crippen molar-refractivity contribution in [1.29, 1.82) is 0 Å². The van der Waals surface area contributed by atoms with Crippen molar-refractivity contribution in [2.24, 2.45) is 0 Å². The molecule has 0 aliphatic heterocycles. The van der Waals surface area contributed by atoms with Gasteiger partial charge in [-0.3, -0.25) is 9.89 Å². The number of fused-ring (bicyclic) bond motifs is 2. The number of benzene rings is 3. The van der Waals surface area contributed by atoms with Crippen molar-refractivity contribution in [3.05, 3.63) is 102 Å². The number of carbonyl (C=O) groups excluding carboxylic acids is 1. The number of hydrogen-bond acceptors (Lipinski definition) is 4. The Morgan fingerprint density at radius 3 is 2.60 bits per heavy atom. The highest BCUT2D eigenvalue weighted by molar-refractivity contribution is 7.22. The van der Waals surface area contributed by atoms with Gasteiger partial charge >= 0.3 is 0 Å². The Morgan fingerprint density at radius 1 is 0.914 bits per heavy atom. The van der Waals surface area contributed by atoms with Crippen molar-refractivity contribution < 1.29 is 4.79 Å². The Balaban J connectivity index is 1.38. The van der Waals surface area contributed by atoms with Gasteiger partial charge in [0.05, 0.1) is 23.8 Å². The summed E-state index contributed by atoms with van der Waals surface area (Å²) in [7, 11) is 0. The van der Waals surface area contributed by atoms with E-state index < -0.39 is 0 Å². The van der Waals surface area contributed by atoms with Gasteiger partial charge < -0.3 is 5.32 Å². The average Bonchev–Trinajstić information content (AvgIpc) is 3.52. The van der Waals surface area contributed by atoms with Gasteiger partial charge in [0.2, 0.25) is 5.91 Å². The van der Waals surface area contributed by atoms with E-state index in [0.717, 1.165) is 38.0 Å². The fraction of sp³-hybridized carbons (Fsp3) is 0.0357. The first kappa shape index (κ1) is 21.5. The van der Waals surface area contributed by atoms with Crippen LogP contribution in [0.4, 0.5) is 5.69 Å². The molecule has 0 bridgehead atoms. The van der Waals surface area contributed by atoms with Crippen LogP contribution in [0.25, 0.3) is 42.6 Å². The van der Waals surface area contributed by atoms with E-state index in [0.29, 0.717) is 5.69 Å². The normalized spacial score (nSPS) is 11.2. The lowest BCUT2D eigenvalue weighted by atomic mass is 10.0. The highest BCUT2D eigenvalue weighted by Crippen LogP contribution is 2.39. The lowest BCUT2D eigenvalue weighted by Gasteiger charge is -2.11. The molecule has 0 aliphatic carbocycles. The number of aromatic amines is 1. The van der Waals surface area contributed by atoms with Crippen molar-refractivity contribution in [3.8, 4) is 21.6 Å². The van der Waals surface area contributed by atoms with Crippen molar-refractivity contribution in [3.63, 3.8) is 0 Å². The van der Waals surface area contributed by atoms with Gasteiger partial charge in [-0.05, 0) is 46.8 Å². The summed E-state index contributed by atoms with van der Waals surface area (Å²) in [6, 6.07) is 26.2. The summed E-state index contributed by atoms with van der Waals surface area (Å²) in [6.45, 7) is 0. The van der Waals surface area contributed by atoms with Crippen LogP contribution >= 0.6 is 22.9 Å². The van der Waals surface area contributed by atoms with E-state index in [1.165, 1.54) is 10.1 Å². The molecule has 170 valence electrons. The van der Waals surface area contributed by atoms with E-state index >= 15 is 0 Å². The third kappa shape index (κ3) is 4.30. The first-order valence-electron chi connectivity index (χ1n) is 11.1. The van der Waals surface area contributed by atoms with Crippen molar-refractivity contribution >= 4 is 55.5 Å².